The molecule has 0 unspecified atom stereocenters. The first kappa shape index (κ1) is 26.5. The molecule has 0 amide bonds. The average molecular weight is 572 g/mol. The number of hydrogen-bond acceptors (Lipinski definition) is 8. The molecule has 4 aromatic carbocycles. The van der Waals surface area contributed by atoms with E-state index >= 15 is 0 Å². The zero-order chi connectivity index (χ0) is 25.2. The van der Waals surface area contributed by atoms with Crippen molar-refractivity contribution >= 4 is 68.2 Å². The van der Waals surface area contributed by atoms with E-state index in [-0.39, 0.29) is 0 Å². The molecule has 0 saturated heterocycles. The van der Waals surface area contributed by atoms with E-state index in [4.69, 9.17) is 32.4 Å². The minimum atomic E-state index is 0.335. The van der Waals surface area contributed by atoms with Crippen molar-refractivity contribution in [1.82, 2.24) is 0 Å². The molecule has 9 heteroatoms. The van der Waals surface area contributed by atoms with Gasteiger partial charge in [-0.05, 0) is 36.4 Å². The molecular weight excluding hydrogens is 543 g/mol. The summed E-state index contributed by atoms with van der Waals surface area (Å²) in [6.07, 6.45) is 0. The summed E-state index contributed by atoms with van der Waals surface area (Å²) in [4.78, 5) is 2.13. The van der Waals surface area contributed by atoms with Crippen LogP contribution in [0.5, 0.6) is 11.5 Å². The number of ether oxygens (including phenoxy) is 2. The number of benzene rings is 4. The quantitative estimate of drug-likeness (QED) is 0.148. The predicted octanol–water partition coefficient (Wildman–Crippen LogP) is 4.17. The third-order valence-corrected chi connectivity index (χ3v) is 9.15. The number of anilines is 4. The molecule has 0 aliphatic rings. The fourth-order valence-corrected chi connectivity index (χ4v) is 6.45. The molecule has 0 aromatic heterocycles. The van der Waals surface area contributed by atoms with Crippen molar-refractivity contribution in [1.29, 1.82) is 0 Å². The van der Waals surface area contributed by atoms with Gasteiger partial charge < -0.3 is 20.9 Å². The SMILES string of the molecule is COc1cc(SSc2ccc(N)c(OC)c2)ccc1N.Nc1ccc([Se]c2ccc(N)cc2)cc1. The molecule has 0 spiro atoms. The van der Waals surface area contributed by atoms with Crippen LogP contribution in [0.15, 0.2) is 94.7 Å². The van der Waals surface area contributed by atoms with Crippen LogP contribution in [0.1, 0.15) is 0 Å². The van der Waals surface area contributed by atoms with Gasteiger partial charge in [-0.3, -0.25) is 0 Å². The molecule has 4 aromatic rings. The molecule has 0 saturated carbocycles. The molecule has 0 heterocycles. The molecule has 0 aliphatic carbocycles. The first-order valence-electron chi connectivity index (χ1n) is 10.5. The van der Waals surface area contributed by atoms with E-state index in [0.29, 0.717) is 37.8 Å². The Kier molecular flexibility index (Phi) is 9.93. The van der Waals surface area contributed by atoms with Gasteiger partial charge in [0.05, 0.1) is 25.6 Å². The summed E-state index contributed by atoms with van der Waals surface area (Å²) in [7, 11) is 6.46. The van der Waals surface area contributed by atoms with Crippen molar-refractivity contribution < 1.29 is 9.47 Å². The normalized spacial score (nSPS) is 10.2. The van der Waals surface area contributed by atoms with E-state index in [9.17, 15) is 0 Å². The molecule has 0 atom stereocenters. The Hall–Kier alpha value is -3.10. The van der Waals surface area contributed by atoms with Crippen LogP contribution in [-0.2, 0) is 0 Å². The Labute approximate surface area is 220 Å². The van der Waals surface area contributed by atoms with E-state index in [0.717, 1.165) is 21.2 Å². The molecule has 8 N–H and O–H groups in total. The van der Waals surface area contributed by atoms with Gasteiger partial charge in [-0.15, -0.1) is 0 Å². The van der Waals surface area contributed by atoms with Crippen LogP contribution in [0.3, 0.4) is 0 Å². The predicted molar refractivity (Wildman–Crippen MR) is 153 cm³/mol. The second-order valence-corrected chi connectivity index (χ2v) is 11.9. The van der Waals surface area contributed by atoms with Crippen LogP contribution in [0.25, 0.3) is 0 Å². The van der Waals surface area contributed by atoms with Crippen molar-refractivity contribution in [2.24, 2.45) is 0 Å². The molecule has 6 nitrogen and oxygen atoms in total. The van der Waals surface area contributed by atoms with Gasteiger partial charge in [0.25, 0.3) is 0 Å². The molecule has 0 fully saturated rings. The second-order valence-electron chi connectivity index (χ2n) is 7.21. The Morgan fingerprint density at radius 3 is 1.26 bits per heavy atom. The van der Waals surface area contributed by atoms with Gasteiger partial charge in [0.2, 0.25) is 0 Å². The van der Waals surface area contributed by atoms with Gasteiger partial charge in [0.1, 0.15) is 11.5 Å². The Bertz CT molecular complexity index is 1140. The molecule has 0 bridgehead atoms. The van der Waals surface area contributed by atoms with Crippen LogP contribution < -0.4 is 41.3 Å². The fraction of sp³-hybridized carbons (Fsp3) is 0.0769. The molecular formula is C26H28N4O2S2Se. The third kappa shape index (κ3) is 8.26. The molecule has 0 radical (unpaired) electrons. The van der Waals surface area contributed by atoms with Gasteiger partial charge in [-0.2, -0.15) is 0 Å². The fourth-order valence-electron chi connectivity index (χ4n) is 2.79. The van der Waals surface area contributed by atoms with Gasteiger partial charge >= 0.3 is 95.3 Å². The van der Waals surface area contributed by atoms with E-state index in [1.165, 1.54) is 8.92 Å². The molecule has 0 aliphatic heterocycles. The average Bonchev–Trinajstić information content (AvgIpc) is 2.87. The van der Waals surface area contributed by atoms with Crippen LogP contribution in [0.2, 0.25) is 0 Å². The van der Waals surface area contributed by atoms with Crippen molar-refractivity contribution in [3.63, 3.8) is 0 Å². The number of nitrogens with two attached hydrogens (primary N) is 4. The topological polar surface area (TPSA) is 123 Å². The first-order valence-corrected chi connectivity index (χ1v) is 14.3. The van der Waals surface area contributed by atoms with E-state index in [1.807, 2.05) is 60.7 Å². The summed E-state index contributed by atoms with van der Waals surface area (Å²) in [5.41, 5.74) is 25.7. The number of hydrogen-bond donors (Lipinski definition) is 4. The zero-order valence-electron chi connectivity index (χ0n) is 19.4. The van der Waals surface area contributed by atoms with Crippen LogP contribution >= 0.6 is 21.6 Å². The molecule has 4 rings (SSSR count). The van der Waals surface area contributed by atoms with E-state index in [2.05, 4.69) is 24.3 Å². The monoisotopic (exact) mass is 572 g/mol. The van der Waals surface area contributed by atoms with E-state index in [1.54, 1.807) is 35.8 Å². The summed E-state index contributed by atoms with van der Waals surface area (Å²) in [5.74, 6) is 1.37. The second kappa shape index (κ2) is 13.1. The van der Waals surface area contributed by atoms with Crippen molar-refractivity contribution in [3.05, 3.63) is 84.9 Å². The van der Waals surface area contributed by atoms with Crippen molar-refractivity contribution in [2.75, 3.05) is 37.2 Å². The van der Waals surface area contributed by atoms with Gasteiger partial charge in [0.15, 0.2) is 0 Å². The Balaban J connectivity index is 0.000000203. The van der Waals surface area contributed by atoms with E-state index < -0.39 is 0 Å². The van der Waals surface area contributed by atoms with Gasteiger partial charge in [-0.25, -0.2) is 0 Å². The summed E-state index contributed by atoms with van der Waals surface area (Å²) in [6.45, 7) is 0. The van der Waals surface area contributed by atoms with Crippen molar-refractivity contribution in [3.8, 4) is 11.5 Å². The minimum absolute atomic E-state index is 0.335. The summed E-state index contributed by atoms with van der Waals surface area (Å²) in [6, 6.07) is 27.5. The summed E-state index contributed by atoms with van der Waals surface area (Å²) in [5, 5.41) is 0. The van der Waals surface area contributed by atoms with Gasteiger partial charge in [-0.1, -0.05) is 21.6 Å². The number of nitrogen functional groups attached to an aromatic ring is 4. The number of rotatable bonds is 7. The molecule has 182 valence electrons. The Morgan fingerprint density at radius 1 is 0.543 bits per heavy atom. The number of methoxy groups -OCH3 is 2. The third-order valence-electron chi connectivity index (χ3n) is 4.64. The summed E-state index contributed by atoms with van der Waals surface area (Å²) >= 11 is 0.335. The Morgan fingerprint density at radius 2 is 0.914 bits per heavy atom. The first-order chi connectivity index (χ1) is 16.9. The van der Waals surface area contributed by atoms with Crippen LogP contribution in [-0.4, -0.2) is 29.2 Å². The maximum atomic E-state index is 5.79. The van der Waals surface area contributed by atoms with Crippen LogP contribution in [0.4, 0.5) is 22.7 Å². The zero-order valence-corrected chi connectivity index (χ0v) is 22.8. The van der Waals surface area contributed by atoms with Crippen LogP contribution in [0, 0.1) is 0 Å². The molecule has 35 heavy (non-hydrogen) atoms. The standard InChI is InChI=1S/C14H16N2O2S2.C12H12N2Se/c1-17-13-7-9(3-5-11(13)15)19-20-10-4-6-12(16)14(8-10)18-2;13-9-1-5-11(6-2-9)15-12-7-3-10(14)4-8-12/h3-8H,15-16H2,1-2H3;1-8H,13-14H2. The van der Waals surface area contributed by atoms with Gasteiger partial charge in [0, 0.05) is 9.79 Å². The maximum absolute atomic E-state index is 5.79. The van der Waals surface area contributed by atoms with Crippen molar-refractivity contribution in [2.45, 2.75) is 9.79 Å². The summed E-state index contributed by atoms with van der Waals surface area (Å²) < 4.78 is 13.1.